The van der Waals surface area contributed by atoms with Crippen LogP contribution in [0, 0.1) is 12.8 Å². The monoisotopic (exact) mass is 438 g/mol. The fraction of sp³-hybridized carbons (Fsp3) is 0.227. The molecule has 1 unspecified atom stereocenters. The normalized spacial score (nSPS) is 17.3. The summed E-state index contributed by atoms with van der Waals surface area (Å²) in [6.07, 6.45) is 0.130. The fourth-order valence-electron chi connectivity index (χ4n) is 3.81. The summed E-state index contributed by atoms with van der Waals surface area (Å²) in [5, 5.41) is 7.95. The largest absolute Gasteiger partial charge is 0.454 e. The van der Waals surface area contributed by atoms with Crippen molar-refractivity contribution in [2.45, 2.75) is 13.3 Å². The zero-order valence-corrected chi connectivity index (χ0v) is 17.4. The third-order valence-electron chi connectivity index (χ3n) is 5.30. The first kappa shape index (κ1) is 19.4. The number of halogens is 1. The predicted octanol–water partition coefficient (Wildman–Crippen LogP) is 3.55. The minimum atomic E-state index is -0.485. The van der Waals surface area contributed by atoms with Crippen molar-refractivity contribution in [2.75, 3.05) is 23.6 Å². The Balaban J connectivity index is 1.34. The van der Waals surface area contributed by atoms with Crippen LogP contribution in [0.5, 0.6) is 11.5 Å². The summed E-state index contributed by atoms with van der Waals surface area (Å²) >= 11 is 6.10. The summed E-state index contributed by atoms with van der Waals surface area (Å²) < 4.78 is 12.3. The van der Waals surface area contributed by atoms with Crippen molar-refractivity contribution >= 4 is 34.9 Å². The van der Waals surface area contributed by atoms with Gasteiger partial charge < -0.3 is 19.7 Å². The van der Waals surface area contributed by atoms with Gasteiger partial charge in [-0.1, -0.05) is 17.7 Å². The average Bonchev–Trinajstić information content (AvgIpc) is 3.45. The van der Waals surface area contributed by atoms with E-state index in [-0.39, 0.29) is 31.6 Å². The van der Waals surface area contributed by atoms with Crippen LogP contribution in [-0.2, 0) is 9.59 Å². The van der Waals surface area contributed by atoms with Crippen LogP contribution in [0.15, 0.2) is 48.5 Å². The summed E-state index contributed by atoms with van der Waals surface area (Å²) in [5.74, 6) is 0.937. The number of fused-ring (bicyclic) bond motifs is 1. The molecule has 3 heterocycles. The number of aryl methyl sites for hydroxylation is 1. The lowest BCUT2D eigenvalue weighted by molar-refractivity contribution is -0.122. The van der Waals surface area contributed by atoms with Gasteiger partial charge in [-0.25, -0.2) is 4.68 Å². The summed E-state index contributed by atoms with van der Waals surface area (Å²) in [6, 6.07) is 14.3. The molecule has 0 aliphatic carbocycles. The van der Waals surface area contributed by atoms with Crippen molar-refractivity contribution in [3.8, 4) is 17.2 Å². The Morgan fingerprint density at radius 1 is 1.13 bits per heavy atom. The number of benzene rings is 2. The van der Waals surface area contributed by atoms with E-state index in [2.05, 4.69) is 10.4 Å². The highest BCUT2D eigenvalue weighted by Gasteiger charge is 2.36. The van der Waals surface area contributed by atoms with Crippen molar-refractivity contribution in [1.29, 1.82) is 0 Å². The molecule has 31 heavy (non-hydrogen) atoms. The van der Waals surface area contributed by atoms with Crippen LogP contribution in [0.2, 0.25) is 5.02 Å². The predicted molar refractivity (Wildman–Crippen MR) is 115 cm³/mol. The average molecular weight is 439 g/mol. The molecule has 2 aromatic carbocycles. The molecule has 3 aromatic rings. The number of ether oxygens (including phenoxy) is 2. The number of rotatable bonds is 4. The first-order valence-electron chi connectivity index (χ1n) is 9.81. The number of hydrogen-bond donors (Lipinski definition) is 1. The van der Waals surface area contributed by atoms with Gasteiger partial charge in [-0.05, 0) is 37.3 Å². The minimum Gasteiger partial charge on any atom is -0.454 e. The Morgan fingerprint density at radius 3 is 2.81 bits per heavy atom. The van der Waals surface area contributed by atoms with Crippen molar-refractivity contribution < 1.29 is 19.1 Å². The van der Waals surface area contributed by atoms with Crippen LogP contribution in [-0.4, -0.2) is 34.9 Å². The van der Waals surface area contributed by atoms with E-state index >= 15 is 0 Å². The lowest BCUT2D eigenvalue weighted by atomic mass is 10.1. The van der Waals surface area contributed by atoms with Gasteiger partial charge in [0.2, 0.25) is 18.6 Å². The zero-order chi connectivity index (χ0) is 21.5. The summed E-state index contributed by atoms with van der Waals surface area (Å²) in [7, 11) is 0. The molecule has 8 nitrogen and oxygen atoms in total. The van der Waals surface area contributed by atoms with Gasteiger partial charge in [0.1, 0.15) is 5.82 Å². The van der Waals surface area contributed by atoms with Gasteiger partial charge in [0, 0.05) is 35.8 Å². The highest BCUT2D eigenvalue weighted by Crippen LogP contribution is 2.37. The van der Waals surface area contributed by atoms with E-state index < -0.39 is 5.92 Å². The number of carbonyl (C=O) groups is 2. The van der Waals surface area contributed by atoms with Crippen LogP contribution in [0.3, 0.4) is 0 Å². The molecular weight excluding hydrogens is 420 g/mol. The fourth-order valence-corrected chi connectivity index (χ4v) is 3.99. The van der Waals surface area contributed by atoms with E-state index in [1.807, 2.05) is 19.1 Å². The summed E-state index contributed by atoms with van der Waals surface area (Å²) in [5.41, 5.74) is 2.17. The highest BCUT2D eigenvalue weighted by molar-refractivity contribution is 6.30. The molecule has 0 spiro atoms. The molecule has 1 atom stereocenters. The first-order chi connectivity index (χ1) is 15.0. The van der Waals surface area contributed by atoms with Gasteiger partial charge in [-0.3, -0.25) is 9.59 Å². The number of amides is 2. The molecule has 1 fully saturated rings. The first-order valence-corrected chi connectivity index (χ1v) is 10.2. The van der Waals surface area contributed by atoms with E-state index in [4.69, 9.17) is 21.1 Å². The lowest BCUT2D eigenvalue weighted by Gasteiger charge is -2.17. The molecule has 1 saturated heterocycles. The second kappa shape index (κ2) is 7.63. The number of hydrogen-bond acceptors (Lipinski definition) is 5. The number of aromatic nitrogens is 2. The molecule has 1 aromatic heterocycles. The van der Waals surface area contributed by atoms with Crippen LogP contribution in [0.25, 0.3) is 5.69 Å². The maximum Gasteiger partial charge on any atom is 0.231 e. The molecule has 9 heteroatoms. The van der Waals surface area contributed by atoms with Crippen LogP contribution >= 0.6 is 11.6 Å². The van der Waals surface area contributed by atoms with E-state index in [1.54, 1.807) is 46.0 Å². The van der Waals surface area contributed by atoms with Crippen molar-refractivity contribution in [2.24, 2.45) is 5.92 Å². The minimum absolute atomic E-state index is 0.112. The maximum absolute atomic E-state index is 13.0. The van der Waals surface area contributed by atoms with Gasteiger partial charge in [0.05, 0.1) is 17.3 Å². The second-order valence-electron chi connectivity index (χ2n) is 7.49. The molecule has 5 rings (SSSR count). The molecule has 0 radical (unpaired) electrons. The molecule has 0 saturated carbocycles. The molecule has 2 amide bonds. The topological polar surface area (TPSA) is 85.7 Å². The van der Waals surface area contributed by atoms with Crippen LogP contribution < -0.4 is 19.7 Å². The molecule has 2 aliphatic rings. The van der Waals surface area contributed by atoms with E-state index in [0.717, 1.165) is 11.4 Å². The number of nitrogens with zero attached hydrogens (tertiary/aromatic N) is 3. The molecule has 0 bridgehead atoms. The number of anilines is 2. The van der Waals surface area contributed by atoms with E-state index in [0.29, 0.717) is 28.0 Å². The standard InChI is InChI=1S/C22H19ClN4O4/c1-13-7-20(27(25-13)17-4-2-3-15(23)9-17)24-22(29)14-8-21(28)26(11-14)16-5-6-18-19(10-16)31-12-30-18/h2-7,9-10,14H,8,11-12H2,1H3,(H,24,29). The van der Waals surface area contributed by atoms with Gasteiger partial charge in [-0.2, -0.15) is 5.10 Å². The van der Waals surface area contributed by atoms with Gasteiger partial charge in [-0.15, -0.1) is 0 Å². The zero-order valence-electron chi connectivity index (χ0n) is 16.7. The van der Waals surface area contributed by atoms with E-state index in [9.17, 15) is 9.59 Å². The van der Waals surface area contributed by atoms with Crippen molar-refractivity contribution in [1.82, 2.24) is 9.78 Å². The van der Waals surface area contributed by atoms with Crippen LogP contribution in [0.1, 0.15) is 12.1 Å². The lowest BCUT2D eigenvalue weighted by Crippen LogP contribution is -2.28. The van der Waals surface area contributed by atoms with E-state index in [1.165, 1.54) is 0 Å². The Bertz CT molecular complexity index is 1190. The van der Waals surface area contributed by atoms with Gasteiger partial charge in [0.25, 0.3) is 0 Å². The number of carbonyl (C=O) groups excluding carboxylic acids is 2. The molecule has 2 aliphatic heterocycles. The second-order valence-corrected chi connectivity index (χ2v) is 7.93. The van der Waals surface area contributed by atoms with Crippen molar-refractivity contribution in [3.63, 3.8) is 0 Å². The Morgan fingerprint density at radius 2 is 1.97 bits per heavy atom. The van der Waals surface area contributed by atoms with Crippen molar-refractivity contribution in [3.05, 3.63) is 59.2 Å². The number of nitrogens with one attached hydrogen (secondary N) is 1. The Kier molecular flexibility index (Phi) is 4.78. The molecular formula is C22H19ClN4O4. The maximum atomic E-state index is 13.0. The van der Waals surface area contributed by atoms with Crippen LogP contribution in [0.4, 0.5) is 11.5 Å². The third kappa shape index (κ3) is 3.70. The van der Waals surface area contributed by atoms with Gasteiger partial charge in [0.15, 0.2) is 11.5 Å². The summed E-state index contributed by atoms with van der Waals surface area (Å²) in [4.78, 5) is 27.2. The Labute approximate surface area is 183 Å². The smallest absolute Gasteiger partial charge is 0.231 e. The SMILES string of the molecule is Cc1cc(NC(=O)C2CC(=O)N(c3ccc4c(c3)OCO4)C2)n(-c2cccc(Cl)c2)n1. The Hall–Kier alpha value is -3.52. The molecule has 158 valence electrons. The third-order valence-corrected chi connectivity index (χ3v) is 5.53. The van der Waals surface area contributed by atoms with Gasteiger partial charge >= 0.3 is 0 Å². The highest BCUT2D eigenvalue weighted by atomic mass is 35.5. The molecule has 1 N–H and O–H groups in total. The summed E-state index contributed by atoms with van der Waals surface area (Å²) in [6.45, 7) is 2.29. The quantitative estimate of drug-likeness (QED) is 0.673.